The Kier molecular flexibility index (Phi) is 4.59. The monoisotopic (exact) mass is 459 g/mol. The van der Waals surface area contributed by atoms with Crippen molar-refractivity contribution in [3.63, 3.8) is 0 Å². The van der Waals surface area contributed by atoms with Crippen molar-refractivity contribution in [1.29, 1.82) is 5.26 Å². The number of nitriles is 1. The van der Waals surface area contributed by atoms with Gasteiger partial charge in [0.2, 0.25) is 0 Å². The Morgan fingerprint density at radius 3 is 2.65 bits per heavy atom. The number of carbonyl (C=O) groups is 1. The van der Waals surface area contributed by atoms with Gasteiger partial charge in [-0.15, -0.1) is 0 Å². The first-order valence-electron chi connectivity index (χ1n) is 14.3. The molecule has 7 rings (SSSR count). The van der Waals surface area contributed by atoms with Crippen LogP contribution in [0.4, 0.5) is 0 Å². The molecule has 0 spiro atoms. The van der Waals surface area contributed by atoms with E-state index in [0.29, 0.717) is 18.2 Å². The molecular formula is C30H41N3O. The number of Topliss-reactive ketones (excluding diaryl/α,β-unsaturated/α-hetero) is 1. The van der Waals surface area contributed by atoms with Crippen LogP contribution >= 0.6 is 0 Å². The topological polar surface area (TPSA) is 58.7 Å². The second kappa shape index (κ2) is 7.21. The number of rotatable bonds is 4. The van der Waals surface area contributed by atoms with Gasteiger partial charge in [0.05, 0.1) is 24.2 Å². The SMILES string of the molecule is C[C@H]1CC[C@H]2[C@H](CC[C@H]3C4[C@@H]5[C@H](C)[C@@H]5[C@H](C(=O)Cn5cc(C6(C#N)CC6)cn5)[C@@]4(C)CC[C@H]23)C1. The van der Waals surface area contributed by atoms with E-state index >= 15 is 0 Å². The highest BCUT2D eigenvalue weighted by atomic mass is 16.1. The van der Waals surface area contributed by atoms with Crippen LogP contribution in [0.5, 0.6) is 0 Å². The average Bonchev–Trinajstić information content (AvgIpc) is 3.64. The second-order valence-corrected chi connectivity index (χ2v) is 13.9. The van der Waals surface area contributed by atoms with E-state index in [1.54, 1.807) is 0 Å². The van der Waals surface area contributed by atoms with Gasteiger partial charge in [-0.25, -0.2) is 0 Å². The molecule has 0 aromatic carbocycles. The summed E-state index contributed by atoms with van der Waals surface area (Å²) in [6.45, 7) is 7.80. The van der Waals surface area contributed by atoms with E-state index in [2.05, 4.69) is 31.9 Å². The minimum absolute atomic E-state index is 0.190. The molecule has 6 aliphatic carbocycles. The number of hydrogen-bond donors (Lipinski definition) is 0. The Labute approximate surface area is 204 Å². The molecular weight excluding hydrogens is 418 g/mol. The third-order valence-electron chi connectivity index (χ3n) is 12.4. The highest BCUT2D eigenvalue weighted by Crippen LogP contribution is 2.76. The zero-order valence-corrected chi connectivity index (χ0v) is 21.2. The molecule has 1 unspecified atom stereocenters. The molecule has 0 bridgehead atoms. The van der Waals surface area contributed by atoms with Crippen molar-refractivity contribution in [3.8, 4) is 6.07 Å². The Morgan fingerprint density at radius 2 is 1.88 bits per heavy atom. The normalized spacial score (nSPS) is 49.7. The zero-order valence-electron chi connectivity index (χ0n) is 21.2. The summed E-state index contributed by atoms with van der Waals surface area (Å²) in [5, 5.41) is 14.1. The van der Waals surface area contributed by atoms with Gasteiger partial charge in [-0.2, -0.15) is 10.4 Å². The number of nitrogens with zero attached hydrogens (tertiary/aromatic N) is 3. The molecule has 1 heterocycles. The lowest BCUT2D eigenvalue weighted by Gasteiger charge is -2.57. The van der Waals surface area contributed by atoms with Crippen molar-refractivity contribution < 1.29 is 4.79 Å². The lowest BCUT2D eigenvalue weighted by atomic mass is 9.47. The van der Waals surface area contributed by atoms with Crippen molar-refractivity contribution in [3.05, 3.63) is 18.0 Å². The highest BCUT2D eigenvalue weighted by molar-refractivity contribution is 5.83. The maximum atomic E-state index is 13.9. The number of aromatic nitrogens is 2. The average molecular weight is 460 g/mol. The largest absolute Gasteiger partial charge is 0.297 e. The van der Waals surface area contributed by atoms with Crippen LogP contribution in [0.15, 0.2) is 12.4 Å². The minimum Gasteiger partial charge on any atom is -0.297 e. The Hall–Kier alpha value is -1.63. The van der Waals surface area contributed by atoms with Gasteiger partial charge < -0.3 is 0 Å². The van der Waals surface area contributed by atoms with E-state index in [-0.39, 0.29) is 16.7 Å². The first kappa shape index (κ1) is 21.6. The molecule has 1 aromatic heterocycles. The van der Waals surface area contributed by atoms with Gasteiger partial charge in [-0.05, 0) is 110 Å². The highest BCUT2D eigenvalue weighted by Gasteiger charge is 2.73. The molecule has 4 heteroatoms. The van der Waals surface area contributed by atoms with Crippen LogP contribution in [0.2, 0.25) is 0 Å². The van der Waals surface area contributed by atoms with Gasteiger partial charge in [0.1, 0.15) is 0 Å². The molecule has 6 saturated carbocycles. The zero-order chi connectivity index (χ0) is 23.4. The molecule has 4 nitrogen and oxygen atoms in total. The van der Waals surface area contributed by atoms with Crippen molar-refractivity contribution in [1.82, 2.24) is 9.78 Å². The van der Waals surface area contributed by atoms with Crippen LogP contribution in [-0.2, 0) is 16.8 Å². The quantitative estimate of drug-likeness (QED) is 0.554. The summed E-state index contributed by atoms with van der Waals surface area (Å²) in [5.41, 5.74) is 0.876. The summed E-state index contributed by atoms with van der Waals surface area (Å²) in [4.78, 5) is 13.9. The molecule has 34 heavy (non-hydrogen) atoms. The maximum Gasteiger partial charge on any atom is 0.158 e. The fourth-order valence-electron chi connectivity index (χ4n) is 10.6. The first-order chi connectivity index (χ1) is 16.4. The minimum atomic E-state index is -0.323. The number of carbonyl (C=O) groups excluding carboxylic acids is 1. The van der Waals surface area contributed by atoms with Gasteiger partial charge in [-0.3, -0.25) is 9.48 Å². The van der Waals surface area contributed by atoms with E-state index in [1.807, 2.05) is 17.1 Å². The van der Waals surface area contributed by atoms with Crippen LogP contribution in [0, 0.1) is 75.9 Å². The third kappa shape index (κ3) is 2.88. The summed E-state index contributed by atoms with van der Waals surface area (Å²) in [5.74, 6) is 8.18. The predicted molar refractivity (Wildman–Crippen MR) is 130 cm³/mol. The Bertz CT molecular complexity index is 1050. The molecule has 0 aliphatic heterocycles. The van der Waals surface area contributed by atoms with Crippen LogP contribution in [0.25, 0.3) is 0 Å². The molecule has 1 aromatic rings. The Balaban J connectivity index is 1.12. The van der Waals surface area contributed by atoms with Crippen molar-refractivity contribution in [2.75, 3.05) is 0 Å². The number of hydrogen-bond acceptors (Lipinski definition) is 3. The molecule has 0 N–H and O–H groups in total. The second-order valence-electron chi connectivity index (χ2n) is 13.9. The lowest BCUT2D eigenvalue weighted by molar-refractivity contribution is -0.135. The smallest absolute Gasteiger partial charge is 0.158 e. The number of ketones is 1. The molecule has 182 valence electrons. The van der Waals surface area contributed by atoms with E-state index in [9.17, 15) is 10.1 Å². The third-order valence-corrected chi connectivity index (χ3v) is 12.4. The standard InChI is InChI=1S/C30H41N3O/c1-17-4-6-21-19(12-17)5-7-23-22(21)8-9-29(3)27(23)25-18(2)26(25)28(29)24(34)15-33-14-20(13-32-33)30(16-31)10-11-30/h13-14,17-19,21-23,25-28H,4-12,15H2,1-3H3/t17-,18-,19+,21-,22+,23+,25+,26-,27?,28-,29-/m0/s1. The van der Waals surface area contributed by atoms with Gasteiger partial charge in [0.15, 0.2) is 5.78 Å². The Morgan fingerprint density at radius 1 is 1.09 bits per heavy atom. The number of fused-ring (bicyclic) bond motifs is 7. The fraction of sp³-hybridized carbons (Fsp3) is 0.833. The van der Waals surface area contributed by atoms with Gasteiger partial charge in [0.25, 0.3) is 0 Å². The fourth-order valence-corrected chi connectivity index (χ4v) is 10.6. The molecule has 0 amide bonds. The van der Waals surface area contributed by atoms with E-state index < -0.39 is 0 Å². The molecule has 0 saturated heterocycles. The van der Waals surface area contributed by atoms with Crippen LogP contribution in [0.3, 0.4) is 0 Å². The van der Waals surface area contributed by atoms with Gasteiger partial charge >= 0.3 is 0 Å². The molecule has 6 aliphatic rings. The van der Waals surface area contributed by atoms with Crippen LogP contribution < -0.4 is 0 Å². The molecule has 6 fully saturated rings. The van der Waals surface area contributed by atoms with E-state index in [4.69, 9.17) is 0 Å². The summed E-state index contributed by atoms with van der Waals surface area (Å²) in [6, 6.07) is 2.46. The van der Waals surface area contributed by atoms with Crippen LogP contribution in [-0.4, -0.2) is 15.6 Å². The summed E-state index contributed by atoms with van der Waals surface area (Å²) < 4.78 is 1.84. The van der Waals surface area contributed by atoms with Crippen molar-refractivity contribution in [2.45, 2.75) is 90.5 Å². The lowest BCUT2D eigenvalue weighted by Crippen LogP contribution is -2.51. The predicted octanol–water partition coefficient (Wildman–Crippen LogP) is 6.01. The van der Waals surface area contributed by atoms with Crippen molar-refractivity contribution in [2.24, 2.45) is 64.6 Å². The van der Waals surface area contributed by atoms with Crippen molar-refractivity contribution >= 4 is 5.78 Å². The molecule has 11 atom stereocenters. The van der Waals surface area contributed by atoms with Crippen LogP contribution in [0.1, 0.15) is 84.1 Å². The summed E-state index contributed by atoms with van der Waals surface area (Å²) in [7, 11) is 0. The summed E-state index contributed by atoms with van der Waals surface area (Å²) >= 11 is 0. The van der Waals surface area contributed by atoms with Gasteiger partial charge in [0, 0.05) is 17.7 Å². The van der Waals surface area contributed by atoms with Gasteiger partial charge in [-0.1, -0.05) is 27.2 Å². The van der Waals surface area contributed by atoms with E-state index in [1.165, 1.54) is 44.9 Å². The first-order valence-corrected chi connectivity index (χ1v) is 14.3. The van der Waals surface area contributed by atoms with E-state index in [0.717, 1.165) is 65.7 Å². The maximum absolute atomic E-state index is 13.9. The summed E-state index contributed by atoms with van der Waals surface area (Å²) in [6.07, 6.45) is 15.5. The molecule has 0 radical (unpaired) electrons.